The second kappa shape index (κ2) is 5.68. The first-order valence-electron chi connectivity index (χ1n) is 6.96. The molecule has 0 aromatic rings. The van der Waals surface area contributed by atoms with Crippen molar-refractivity contribution < 1.29 is 5.11 Å². The second-order valence-electron chi connectivity index (χ2n) is 6.39. The van der Waals surface area contributed by atoms with Gasteiger partial charge in [-0.25, -0.2) is 0 Å². The smallest absolute Gasteiger partial charge is 0.0923 e. The average Bonchev–Trinajstić information content (AvgIpc) is 2.38. The van der Waals surface area contributed by atoms with Gasteiger partial charge < -0.3 is 5.11 Å². The van der Waals surface area contributed by atoms with Crippen LogP contribution in [-0.4, -0.2) is 58.8 Å². The van der Waals surface area contributed by atoms with Gasteiger partial charge in [-0.05, 0) is 33.6 Å². The number of β-amino-alcohol motifs (C(OH)–C–C–N with tert-alkyl or cyclic N) is 1. The van der Waals surface area contributed by atoms with Crippen molar-refractivity contribution in [3.8, 4) is 0 Å². The third kappa shape index (κ3) is 3.67. The number of aliphatic hydroxyl groups is 1. The molecule has 0 atom stereocenters. The van der Waals surface area contributed by atoms with Crippen molar-refractivity contribution in [1.29, 1.82) is 0 Å². The van der Waals surface area contributed by atoms with Gasteiger partial charge in [0, 0.05) is 38.3 Å². The second-order valence-corrected chi connectivity index (χ2v) is 6.39. The highest BCUT2D eigenvalue weighted by atomic mass is 16.3. The van der Waals surface area contributed by atoms with Crippen molar-refractivity contribution in [1.82, 2.24) is 9.80 Å². The van der Waals surface area contributed by atoms with E-state index < -0.39 is 5.60 Å². The summed E-state index contributed by atoms with van der Waals surface area (Å²) in [6.45, 7) is 16.8. The van der Waals surface area contributed by atoms with Crippen LogP contribution in [0.25, 0.3) is 0 Å². The molecule has 0 saturated carbocycles. The van der Waals surface area contributed by atoms with Crippen LogP contribution in [0.3, 0.4) is 0 Å². The molecular formula is C14H30N2O. The van der Waals surface area contributed by atoms with Crippen LogP contribution in [0, 0.1) is 5.92 Å². The van der Waals surface area contributed by atoms with Gasteiger partial charge in [0.25, 0.3) is 0 Å². The van der Waals surface area contributed by atoms with E-state index in [-0.39, 0.29) is 0 Å². The first-order chi connectivity index (χ1) is 7.76. The summed E-state index contributed by atoms with van der Waals surface area (Å²) in [6, 6.07) is 1.01. The highest BCUT2D eigenvalue weighted by Gasteiger charge is 2.38. The predicted octanol–water partition coefficient (Wildman–Crippen LogP) is 1.81. The van der Waals surface area contributed by atoms with Crippen LogP contribution in [0.4, 0.5) is 0 Å². The van der Waals surface area contributed by atoms with Gasteiger partial charge in [-0.2, -0.15) is 0 Å². The lowest BCUT2D eigenvalue weighted by molar-refractivity contribution is -0.0480. The normalized spacial score (nSPS) is 23.6. The molecule has 0 aliphatic carbocycles. The van der Waals surface area contributed by atoms with E-state index in [2.05, 4.69) is 51.3 Å². The quantitative estimate of drug-likeness (QED) is 0.817. The van der Waals surface area contributed by atoms with Crippen molar-refractivity contribution in [2.45, 2.75) is 59.2 Å². The Morgan fingerprint density at radius 3 is 1.41 bits per heavy atom. The summed E-state index contributed by atoms with van der Waals surface area (Å²) in [6.07, 6.45) is 0. The molecule has 0 radical (unpaired) electrons. The molecule has 1 fully saturated rings. The highest BCUT2D eigenvalue weighted by molar-refractivity contribution is 4.93. The standard InChI is InChI=1S/C14H30N2O/c1-11(2)14(17)9-15(12(3)4)7-8-16(10-14)13(5)6/h11-13,17H,7-10H2,1-6H3. The zero-order valence-corrected chi connectivity index (χ0v) is 12.4. The molecule has 1 N–H and O–H groups in total. The van der Waals surface area contributed by atoms with Crippen LogP contribution in [-0.2, 0) is 0 Å². The van der Waals surface area contributed by atoms with E-state index in [4.69, 9.17) is 0 Å². The van der Waals surface area contributed by atoms with E-state index in [1.165, 1.54) is 0 Å². The van der Waals surface area contributed by atoms with E-state index in [0.717, 1.165) is 26.2 Å². The van der Waals surface area contributed by atoms with E-state index in [0.29, 0.717) is 18.0 Å². The van der Waals surface area contributed by atoms with Crippen LogP contribution in [0.1, 0.15) is 41.5 Å². The first kappa shape index (κ1) is 14.9. The molecule has 0 bridgehead atoms. The third-order valence-electron chi connectivity index (χ3n) is 4.16. The minimum atomic E-state index is -0.578. The van der Waals surface area contributed by atoms with Gasteiger partial charge in [0.05, 0.1) is 5.60 Å². The van der Waals surface area contributed by atoms with Gasteiger partial charge >= 0.3 is 0 Å². The van der Waals surface area contributed by atoms with Gasteiger partial charge in [-0.3, -0.25) is 9.80 Å². The van der Waals surface area contributed by atoms with Crippen LogP contribution in [0.15, 0.2) is 0 Å². The van der Waals surface area contributed by atoms with Crippen molar-refractivity contribution in [2.24, 2.45) is 5.92 Å². The van der Waals surface area contributed by atoms with E-state index in [1.54, 1.807) is 0 Å². The highest BCUT2D eigenvalue weighted by Crippen LogP contribution is 2.24. The van der Waals surface area contributed by atoms with Gasteiger partial charge in [0.15, 0.2) is 0 Å². The van der Waals surface area contributed by atoms with Gasteiger partial charge in [0.1, 0.15) is 0 Å². The Bertz CT molecular complexity index is 220. The Morgan fingerprint density at radius 2 is 1.18 bits per heavy atom. The summed E-state index contributed by atoms with van der Waals surface area (Å²) in [5.74, 6) is 0.295. The van der Waals surface area contributed by atoms with Gasteiger partial charge in [-0.15, -0.1) is 0 Å². The van der Waals surface area contributed by atoms with Crippen LogP contribution in [0.2, 0.25) is 0 Å². The third-order valence-corrected chi connectivity index (χ3v) is 4.16. The molecule has 17 heavy (non-hydrogen) atoms. The number of hydrogen-bond donors (Lipinski definition) is 1. The summed E-state index contributed by atoms with van der Waals surface area (Å²) in [4.78, 5) is 4.81. The molecule has 0 aromatic heterocycles. The Kier molecular flexibility index (Phi) is 4.99. The zero-order valence-electron chi connectivity index (χ0n) is 12.4. The fourth-order valence-corrected chi connectivity index (χ4v) is 2.42. The molecule has 1 aliphatic heterocycles. The molecule has 1 rings (SSSR count). The molecule has 0 spiro atoms. The molecule has 3 heteroatoms. The van der Waals surface area contributed by atoms with Crippen LogP contribution in [0.5, 0.6) is 0 Å². The van der Waals surface area contributed by atoms with Gasteiger partial charge in [0.2, 0.25) is 0 Å². The molecule has 1 aliphatic rings. The lowest BCUT2D eigenvalue weighted by Crippen LogP contribution is -2.52. The van der Waals surface area contributed by atoms with Crippen molar-refractivity contribution >= 4 is 0 Å². The first-order valence-corrected chi connectivity index (χ1v) is 6.96. The minimum absolute atomic E-state index is 0.295. The lowest BCUT2D eigenvalue weighted by atomic mass is 9.89. The van der Waals surface area contributed by atoms with Crippen molar-refractivity contribution in [3.63, 3.8) is 0 Å². The fourth-order valence-electron chi connectivity index (χ4n) is 2.42. The maximum Gasteiger partial charge on any atom is 0.0923 e. The Morgan fingerprint density at radius 1 is 0.824 bits per heavy atom. The number of hydrogen-bond acceptors (Lipinski definition) is 3. The summed E-state index contributed by atoms with van der Waals surface area (Å²) < 4.78 is 0. The van der Waals surface area contributed by atoms with E-state index >= 15 is 0 Å². The molecule has 0 unspecified atom stereocenters. The van der Waals surface area contributed by atoms with Crippen molar-refractivity contribution in [2.75, 3.05) is 26.2 Å². The molecule has 0 aromatic carbocycles. The fraction of sp³-hybridized carbons (Fsp3) is 1.00. The monoisotopic (exact) mass is 242 g/mol. The molecule has 1 heterocycles. The lowest BCUT2D eigenvalue weighted by Gasteiger charge is -2.38. The summed E-state index contributed by atoms with van der Waals surface area (Å²) in [5, 5.41) is 10.9. The molecule has 102 valence electrons. The zero-order chi connectivity index (χ0) is 13.2. The largest absolute Gasteiger partial charge is 0.387 e. The topological polar surface area (TPSA) is 26.7 Å². The van der Waals surface area contributed by atoms with E-state index in [1.807, 2.05) is 0 Å². The maximum absolute atomic E-state index is 10.9. The Balaban J connectivity index is 2.86. The van der Waals surface area contributed by atoms with Crippen molar-refractivity contribution in [3.05, 3.63) is 0 Å². The average molecular weight is 242 g/mol. The Hall–Kier alpha value is -0.120. The SMILES string of the molecule is CC(C)N1CCN(C(C)C)CC(O)(C(C)C)C1. The molecule has 3 nitrogen and oxygen atoms in total. The van der Waals surface area contributed by atoms with Crippen LogP contribution >= 0.6 is 0 Å². The predicted molar refractivity (Wildman–Crippen MR) is 73.2 cm³/mol. The van der Waals surface area contributed by atoms with E-state index in [9.17, 15) is 5.11 Å². The summed E-state index contributed by atoms with van der Waals surface area (Å²) in [7, 11) is 0. The summed E-state index contributed by atoms with van der Waals surface area (Å²) in [5.41, 5.74) is -0.578. The number of nitrogens with zero attached hydrogens (tertiary/aromatic N) is 2. The van der Waals surface area contributed by atoms with Gasteiger partial charge in [-0.1, -0.05) is 13.8 Å². The summed E-state index contributed by atoms with van der Waals surface area (Å²) >= 11 is 0. The Labute approximate surface area is 107 Å². The molecule has 0 amide bonds. The number of rotatable bonds is 3. The van der Waals surface area contributed by atoms with Crippen LogP contribution < -0.4 is 0 Å². The molecule has 1 saturated heterocycles. The molecular weight excluding hydrogens is 212 g/mol. The maximum atomic E-state index is 10.9. The minimum Gasteiger partial charge on any atom is -0.387 e.